The maximum atomic E-state index is 5.34. The second-order valence-corrected chi connectivity index (χ2v) is 4.77. The van der Waals surface area contributed by atoms with Gasteiger partial charge < -0.3 is 14.6 Å². The van der Waals surface area contributed by atoms with E-state index in [0.29, 0.717) is 0 Å². The molecule has 1 aromatic heterocycles. The molecule has 18 heavy (non-hydrogen) atoms. The molecule has 0 saturated carbocycles. The molecule has 0 amide bonds. The Morgan fingerprint density at radius 1 is 1.39 bits per heavy atom. The van der Waals surface area contributed by atoms with Crippen molar-refractivity contribution >= 4 is 16.7 Å². The lowest BCUT2D eigenvalue weighted by atomic mass is 10.0. The van der Waals surface area contributed by atoms with Gasteiger partial charge in [0, 0.05) is 30.5 Å². The molecule has 1 N–H and O–H groups in total. The van der Waals surface area contributed by atoms with E-state index in [1.807, 2.05) is 6.07 Å². The minimum atomic E-state index is 0.881. The van der Waals surface area contributed by atoms with Crippen LogP contribution in [0.2, 0.25) is 0 Å². The SMILES string of the molecule is COc1ccc2c(c1)c1c3n2CCNC3=NCC1. The van der Waals surface area contributed by atoms with Crippen molar-refractivity contribution in [3.05, 3.63) is 29.5 Å². The van der Waals surface area contributed by atoms with E-state index in [9.17, 15) is 0 Å². The fraction of sp³-hybridized carbons (Fsp3) is 0.357. The molecule has 2 aliphatic heterocycles. The normalized spacial score (nSPS) is 17.1. The Kier molecular flexibility index (Phi) is 1.95. The fourth-order valence-electron chi connectivity index (χ4n) is 3.07. The van der Waals surface area contributed by atoms with E-state index in [4.69, 9.17) is 4.74 Å². The molecule has 0 spiro atoms. The zero-order valence-electron chi connectivity index (χ0n) is 10.4. The molecule has 92 valence electrons. The zero-order valence-corrected chi connectivity index (χ0v) is 10.4. The largest absolute Gasteiger partial charge is 0.497 e. The summed E-state index contributed by atoms with van der Waals surface area (Å²) >= 11 is 0. The van der Waals surface area contributed by atoms with Crippen LogP contribution in [0.5, 0.6) is 5.75 Å². The summed E-state index contributed by atoms with van der Waals surface area (Å²) in [6.45, 7) is 2.85. The van der Waals surface area contributed by atoms with Crippen molar-refractivity contribution in [1.29, 1.82) is 0 Å². The van der Waals surface area contributed by atoms with Gasteiger partial charge in [-0.05, 0) is 30.2 Å². The summed E-state index contributed by atoms with van der Waals surface area (Å²) in [6.07, 6.45) is 1.02. The number of nitrogens with one attached hydrogen (secondary N) is 1. The number of rotatable bonds is 1. The standard InChI is InChI=1S/C14H15N3O/c1-18-9-2-3-12-11(8-9)10-4-5-15-14-13(10)17(12)7-6-16-14/h2-3,8H,4-7H2,1H3,(H,15,16). The van der Waals surface area contributed by atoms with Gasteiger partial charge in [-0.1, -0.05) is 0 Å². The molecule has 4 heteroatoms. The number of hydrogen-bond acceptors (Lipinski definition) is 3. The first-order valence-corrected chi connectivity index (χ1v) is 6.36. The Morgan fingerprint density at radius 3 is 3.22 bits per heavy atom. The van der Waals surface area contributed by atoms with Crippen molar-refractivity contribution in [1.82, 2.24) is 9.88 Å². The molecule has 4 rings (SSSR count). The van der Waals surface area contributed by atoms with E-state index in [1.54, 1.807) is 7.11 Å². The molecule has 3 heterocycles. The number of fused-ring (bicyclic) bond motifs is 3. The Balaban J connectivity index is 2.09. The highest BCUT2D eigenvalue weighted by Gasteiger charge is 2.26. The van der Waals surface area contributed by atoms with Gasteiger partial charge in [0.05, 0.1) is 12.8 Å². The molecular weight excluding hydrogens is 226 g/mol. The first-order valence-electron chi connectivity index (χ1n) is 6.36. The Hall–Kier alpha value is -1.97. The van der Waals surface area contributed by atoms with Crippen LogP contribution in [0.25, 0.3) is 10.9 Å². The molecular formula is C14H15N3O. The number of ether oxygens (including phenoxy) is 1. The predicted molar refractivity (Wildman–Crippen MR) is 71.6 cm³/mol. The summed E-state index contributed by atoms with van der Waals surface area (Å²) in [5, 5.41) is 4.72. The molecule has 2 aromatic rings. The molecule has 4 nitrogen and oxygen atoms in total. The molecule has 0 fully saturated rings. The van der Waals surface area contributed by atoms with Gasteiger partial charge in [0.15, 0.2) is 0 Å². The lowest BCUT2D eigenvalue weighted by Gasteiger charge is -2.23. The molecule has 0 saturated heterocycles. The summed E-state index contributed by atoms with van der Waals surface area (Å²) in [5.74, 6) is 2.00. The number of aromatic nitrogens is 1. The summed E-state index contributed by atoms with van der Waals surface area (Å²) in [5.41, 5.74) is 4.01. The molecule has 0 unspecified atom stereocenters. The summed E-state index contributed by atoms with van der Waals surface area (Å²) in [7, 11) is 1.72. The minimum Gasteiger partial charge on any atom is -0.497 e. The van der Waals surface area contributed by atoms with Gasteiger partial charge in [-0.15, -0.1) is 0 Å². The second-order valence-electron chi connectivity index (χ2n) is 4.77. The van der Waals surface area contributed by atoms with Crippen LogP contribution in [0.15, 0.2) is 23.2 Å². The topological polar surface area (TPSA) is 38.5 Å². The van der Waals surface area contributed by atoms with Crippen LogP contribution < -0.4 is 10.1 Å². The number of aliphatic imine (C=N–C) groups is 1. The first kappa shape index (κ1) is 10.00. The van der Waals surface area contributed by atoms with E-state index in [2.05, 4.69) is 27.0 Å². The molecule has 0 atom stereocenters. The van der Waals surface area contributed by atoms with Gasteiger partial charge in [-0.3, -0.25) is 4.99 Å². The third-order valence-electron chi connectivity index (χ3n) is 3.86. The van der Waals surface area contributed by atoms with Crippen molar-refractivity contribution in [2.45, 2.75) is 13.0 Å². The molecule has 1 aromatic carbocycles. The third kappa shape index (κ3) is 1.17. The minimum absolute atomic E-state index is 0.881. The molecule has 0 radical (unpaired) electrons. The number of nitrogens with zero attached hydrogens (tertiary/aromatic N) is 2. The van der Waals surface area contributed by atoms with E-state index in [0.717, 1.165) is 37.6 Å². The fourth-order valence-corrected chi connectivity index (χ4v) is 3.07. The van der Waals surface area contributed by atoms with E-state index in [1.165, 1.54) is 22.2 Å². The number of hydrogen-bond donors (Lipinski definition) is 1. The zero-order chi connectivity index (χ0) is 12.1. The van der Waals surface area contributed by atoms with Crippen LogP contribution in [0.4, 0.5) is 0 Å². The predicted octanol–water partition coefficient (Wildman–Crippen LogP) is 1.56. The smallest absolute Gasteiger partial charge is 0.145 e. The highest BCUT2D eigenvalue weighted by molar-refractivity contribution is 6.06. The van der Waals surface area contributed by atoms with Crippen molar-refractivity contribution < 1.29 is 4.74 Å². The quantitative estimate of drug-likeness (QED) is 0.822. The lowest BCUT2D eigenvalue weighted by Crippen LogP contribution is -2.38. The van der Waals surface area contributed by atoms with Gasteiger partial charge in [0.25, 0.3) is 0 Å². The average molecular weight is 241 g/mol. The van der Waals surface area contributed by atoms with E-state index < -0.39 is 0 Å². The van der Waals surface area contributed by atoms with Crippen LogP contribution in [-0.4, -0.2) is 30.6 Å². The number of methoxy groups -OCH3 is 1. The molecule has 2 aliphatic rings. The highest BCUT2D eigenvalue weighted by atomic mass is 16.5. The van der Waals surface area contributed by atoms with E-state index >= 15 is 0 Å². The van der Waals surface area contributed by atoms with Crippen molar-refractivity contribution in [2.24, 2.45) is 4.99 Å². The maximum absolute atomic E-state index is 5.34. The second kappa shape index (κ2) is 3.51. The Bertz CT molecular complexity index is 669. The summed E-state index contributed by atoms with van der Waals surface area (Å²) in [4.78, 5) is 4.59. The van der Waals surface area contributed by atoms with Crippen LogP contribution in [0.3, 0.4) is 0 Å². The van der Waals surface area contributed by atoms with Gasteiger partial charge in [0.2, 0.25) is 0 Å². The highest BCUT2D eigenvalue weighted by Crippen LogP contribution is 2.32. The van der Waals surface area contributed by atoms with Crippen molar-refractivity contribution in [3.8, 4) is 5.75 Å². The van der Waals surface area contributed by atoms with Gasteiger partial charge in [0.1, 0.15) is 11.6 Å². The lowest BCUT2D eigenvalue weighted by molar-refractivity contribution is 0.415. The van der Waals surface area contributed by atoms with Gasteiger partial charge in [-0.25, -0.2) is 0 Å². The summed E-state index contributed by atoms with van der Waals surface area (Å²) < 4.78 is 7.73. The Labute approximate surface area is 105 Å². The van der Waals surface area contributed by atoms with Gasteiger partial charge >= 0.3 is 0 Å². The maximum Gasteiger partial charge on any atom is 0.145 e. The van der Waals surface area contributed by atoms with Crippen LogP contribution in [0, 0.1) is 0 Å². The van der Waals surface area contributed by atoms with Crippen LogP contribution in [0.1, 0.15) is 11.3 Å². The monoisotopic (exact) mass is 241 g/mol. The van der Waals surface area contributed by atoms with Gasteiger partial charge in [-0.2, -0.15) is 0 Å². The molecule has 0 bridgehead atoms. The van der Waals surface area contributed by atoms with Crippen molar-refractivity contribution in [3.63, 3.8) is 0 Å². The average Bonchev–Trinajstić information content (AvgIpc) is 2.76. The van der Waals surface area contributed by atoms with Crippen molar-refractivity contribution in [2.75, 3.05) is 20.2 Å². The number of amidine groups is 1. The van der Waals surface area contributed by atoms with Crippen LogP contribution >= 0.6 is 0 Å². The van der Waals surface area contributed by atoms with Crippen LogP contribution in [-0.2, 0) is 13.0 Å². The molecule has 0 aliphatic carbocycles. The number of benzene rings is 1. The first-order chi connectivity index (χ1) is 8.88. The third-order valence-corrected chi connectivity index (χ3v) is 3.86. The Morgan fingerprint density at radius 2 is 2.33 bits per heavy atom. The summed E-state index contributed by atoms with van der Waals surface area (Å²) in [6, 6.07) is 6.35. The van der Waals surface area contributed by atoms with E-state index in [-0.39, 0.29) is 0 Å².